The Morgan fingerprint density at radius 2 is 2.27 bits per heavy atom. The topological polar surface area (TPSA) is 55.4 Å². The average molecular weight is 233 g/mol. The third kappa shape index (κ3) is 5.30. The number of unbranched alkanes of at least 4 members (excludes halogenated alkanes) is 3. The van der Waals surface area contributed by atoms with Gasteiger partial charge in [0.2, 0.25) is 0 Å². The number of nitrogens with one attached hydrogen (secondary N) is 1. The van der Waals surface area contributed by atoms with Crippen LogP contribution in [0.3, 0.4) is 0 Å². The Morgan fingerprint density at radius 1 is 1.47 bits per heavy atom. The summed E-state index contributed by atoms with van der Waals surface area (Å²) < 4.78 is 29.1. The van der Waals surface area contributed by atoms with E-state index in [1.54, 1.807) is 0 Å². The van der Waals surface area contributed by atoms with Crippen LogP contribution < -0.4 is 4.72 Å². The number of rotatable bonds is 5. The van der Waals surface area contributed by atoms with Gasteiger partial charge in [-0.2, -0.15) is 13.1 Å². The van der Waals surface area contributed by atoms with Crippen molar-refractivity contribution in [2.45, 2.75) is 45.1 Å². The van der Waals surface area contributed by atoms with E-state index >= 15 is 0 Å². The van der Waals surface area contributed by atoms with Crippen LogP contribution in [0.25, 0.3) is 0 Å². The lowest BCUT2D eigenvalue weighted by molar-refractivity contribution is 0.269. The van der Waals surface area contributed by atoms with Crippen molar-refractivity contribution in [1.29, 1.82) is 0 Å². The van der Waals surface area contributed by atoms with Gasteiger partial charge in [-0.05, 0) is 19.3 Å². The zero-order valence-corrected chi connectivity index (χ0v) is 9.92. The molecule has 0 aliphatic carbocycles. The Balaban J connectivity index is 2.26. The Hall–Kier alpha value is -0.390. The van der Waals surface area contributed by atoms with Gasteiger partial charge in [-0.15, -0.1) is 0 Å². The fourth-order valence-electron chi connectivity index (χ4n) is 1.47. The first-order chi connectivity index (χ1) is 7.14. The summed E-state index contributed by atoms with van der Waals surface area (Å²) in [5, 5.41) is 0. The summed E-state index contributed by atoms with van der Waals surface area (Å²) in [6.07, 6.45) is 9.31. The molecular weight excluding hydrogens is 214 g/mol. The van der Waals surface area contributed by atoms with Gasteiger partial charge < -0.3 is 0 Å². The Labute approximate surface area is 92.0 Å². The fourth-order valence-corrected chi connectivity index (χ4v) is 2.42. The summed E-state index contributed by atoms with van der Waals surface area (Å²) in [6.45, 7) is 2.44. The van der Waals surface area contributed by atoms with Crippen LogP contribution in [0.4, 0.5) is 0 Å². The van der Waals surface area contributed by atoms with Crippen LogP contribution >= 0.6 is 0 Å². The highest BCUT2D eigenvalue weighted by atomic mass is 32.2. The zero-order chi connectivity index (χ0) is 11.1. The highest BCUT2D eigenvalue weighted by molar-refractivity contribution is 7.84. The van der Waals surface area contributed by atoms with E-state index in [1.807, 2.05) is 12.2 Å². The molecule has 0 aromatic heterocycles. The molecule has 1 fully saturated rings. The van der Waals surface area contributed by atoms with Gasteiger partial charge in [0.1, 0.15) is 0 Å². The first-order valence-electron chi connectivity index (χ1n) is 5.47. The molecule has 0 bridgehead atoms. The van der Waals surface area contributed by atoms with Crippen LogP contribution in [0.2, 0.25) is 0 Å². The third-order valence-electron chi connectivity index (χ3n) is 2.31. The normalized spacial score (nSPS) is 25.8. The molecule has 1 saturated heterocycles. The minimum atomic E-state index is -3.48. The van der Waals surface area contributed by atoms with Gasteiger partial charge in [0.05, 0.1) is 6.61 Å². The van der Waals surface area contributed by atoms with E-state index in [0.29, 0.717) is 6.42 Å². The predicted octanol–water partition coefficient (Wildman–Crippen LogP) is 1.75. The number of allylic oxidation sites excluding steroid dienone is 1. The van der Waals surface area contributed by atoms with Crippen LogP contribution in [0.1, 0.15) is 39.0 Å². The maximum absolute atomic E-state index is 11.0. The van der Waals surface area contributed by atoms with Gasteiger partial charge in [-0.3, -0.25) is 4.18 Å². The molecule has 0 radical (unpaired) electrons. The predicted molar refractivity (Wildman–Crippen MR) is 59.7 cm³/mol. The molecule has 0 spiro atoms. The molecule has 5 heteroatoms. The molecule has 0 saturated carbocycles. The quantitative estimate of drug-likeness (QED) is 0.581. The maximum atomic E-state index is 11.0. The summed E-state index contributed by atoms with van der Waals surface area (Å²) in [5.41, 5.74) is 0. The second kappa shape index (κ2) is 6.25. The molecule has 1 aliphatic rings. The zero-order valence-electron chi connectivity index (χ0n) is 9.11. The van der Waals surface area contributed by atoms with Crippen molar-refractivity contribution in [3.63, 3.8) is 0 Å². The maximum Gasteiger partial charge on any atom is 0.336 e. The second-order valence-corrected chi connectivity index (χ2v) is 5.09. The first-order valence-corrected chi connectivity index (χ1v) is 6.88. The minimum absolute atomic E-state index is 0.0922. The van der Waals surface area contributed by atoms with E-state index in [9.17, 15) is 8.42 Å². The van der Waals surface area contributed by atoms with Gasteiger partial charge in [0.15, 0.2) is 0 Å². The molecule has 4 nitrogen and oxygen atoms in total. The lowest BCUT2D eigenvalue weighted by atomic mass is 10.1. The molecule has 1 rings (SSSR count). The first kappa shape index (κ1) is 12.7. The lowest BCUT2D eigenvalue weighted by Gasteiger charge is -2.20. The van der Waals surface area contributed by atoms with Crippen molar-refractivity contribution in [3.8, 4) is 0 Å². The van der Waals surface area contributed by atoms with Crippen LogP contribution in [-0.4, -0.2) is 21.1 Å². The van der Waals surface area contributed by atoms with Crippen molar-refractivity contribution < 1.29 is 12.6 Å². The van der Waals surface area contributed by atoms with Crippen LogP contribution in [-0.2, 0) is 14.5 Å². The summed E-state index contributed by atoms with van der Waals surface area (Å²) in [7, 11) is -3.48. The molecule has 0 amide bonds. The SMILES string of the molecule is CCCCC/C=C/[C@@H]1CCOS(=O)(=O)N1. The fraction of sp³-hybridized carbons (Fsp3) is 0.800. The van der Waals surface area contributed by atoms with Gasteiger partial charge >= 0.3 is 10.3 Å². The standard InChI is InChI=1S/C10H19NO3S/c1-2-3-4-5-6-7-10-8-9-14-15(12,13)11-10/h6-7,10-11H,2-5,8-9H2,1H3/b7-6+/t10-/m1/s1. The van der Waals surface area contributed by atoms with E-state index < -0.39 is 10.3 Å². The van der Waals surface area contributed by atoms with Gasteiger partial charge in [0, 0.05) is 6.04 Å². The third-order valence-corrected chi connectivity index (χ3v) is 3.37. The van der Waals surface area contributed by atoms with Crippen molar-refractivity contribution in [3.05, 3.63) is 12.2 Å². The molecule has 0 unspecified atom stereocenters. The highest BCUT2D eigenvalue weighted by Gasteiger charge is 2.21. The van der Waals surface area contributed by atoms with Crippen molar-refractivity contribution in [2.24, 2.45) is 0 Å². The Morgan fingerprint density at radius 3 is 2.93 bits per heavy atom. The molecule has 1 N–H and O–H groups in total. The molecule has 1 aliphatic heterocycles. The number of hydrogen-bond donors (Lipinski definition) is 1. The molecule has 1 heterocycles. The Kier molecular flexibility index (Phi) is 5.28. The van der Waals surface area contributed by atoms with Crippen molar-refractivity contribution in [2.75, 3.05) is 6.61 Å². The molecule has 88 valence electrons. The lowest BCUT2D eigenvalue weighted by Crippen LogP contribution is -2.40. The average Bonchev–Trinajstić information content (AvgIpc) is 2.16. The minimum Gasteiger partial charge on any atom is -0.258 e. The molecule has 0 aromatic carbocycles. The molecule has 0 aromatic rings. The van der Waals surface area contributed by atoms with E-state index in [2.05, 4.69) is 15.8 Å². The van der Waals surface area contributed by atoms with Crippen molar-refractivity contribution in [1.82, 2.24) is 4.72 Å². The van der Waals surface area contributed by atoms with Crippen LogP contribution in [0.5, 0.6) is 0 Å². The highest BCUT2D eigenvalue weighted by Crippen LogP contribution is 2.08. The number of hydrogen-bond acceptors (Lipinski definition) is 3. The van der Waals surface area contributed by atoms with Crippen LogP contribution in [0, 0.1) is 0 Å². The summed E-state index contributed by atoms with van der Waals surface area (Å²) in [6, 6.07) is -0.0922. The van der Waals surface area contributed by atoms with Crippen molar-refractivity contribution >= 4 is 10.3 Å². The summed E-state index contributed by atoms with van der Waals surface area (Å²) in [5.74, 6) is 0. The van der Waals surface area contributed by atoms with E-state index in [0.717, 1.165) is 6.42 Å². The molecular formula is C10H19NO3S. The van der Waals surface area contributed by atoms with Gasteiger partial charge in [-0.1, -0.05) is 31.9 Å². The van der Waals surface area contributed by atoms with Gasteiger partial charge in [-0.25, -0.2) is 0 Å². The molecule has 15 heavy (non-hydrogen) atoms. The monoisotopic (exact) mass is 233 g/mol. The summed E-state index contributed by atoms with van der Waals surface area (Å²) >= 11 is 0. The van der Waals surface area contributed by atoms with Crippen LogP contribution in [0.15, 0.2) is 12.2 Å². The molecule has 1 atom stereocenters. The summed E-state index contributed by atoms with van der Waals surface area (Å²) in [4.78, 5) is 0. The van der Waals surface area contributed by atoms with E-state index in [4.69, 9.17) is 0 Å². The largest absolute Gasteiger partial charge is 0.336 e. The van der Waals surface area contributed by atoms with Gasteiger partial charge in [0.25, 0.3) is 0 Å². The Bertz CT molecular complexity index is 298. The van der Waals surface area contributed by atoms with E-state index in [-0.39, 0.29) is 12.6 Å². The smallest absolute Gasteiger partial charge is 0.258 e. The van der Waals surface area contributed by atoms with E-state index in [1.165, 1.54) is 19.3 Å². The second-order valence-electron chi connectivity index (χ2n) is 3.71.